The van der Waals surface area contributed by atoms with Gasteiger partial charge in [-0.3, -0.25) is 4.68 Å². The van der Waals surface area contributed by atoms with Gasteiger partial charge in [0.1, 0.15) is 12.7 Å². The van der Waals surface area contributed by atoms with Gasteiger partial charge in [-0.05, 0) is 42.3 Å². The molecule has 0 saturated carbocycles. The first kappa shape index (κ1) is 20.7. The van der Waals surface area contributed by atoms with Gasteiger partial charge in [0.05, 0.1) is 41.7 Å². The third-order valence-corrected chi connectivity index (χ3v) is 6.59. The van der Waals surface area contributed by atoms with Crippen LogP contribution in [0.25, 0.3) is 33.2 Å². The molecule has 8 nitrogen and oxygen atoms in total. The molecule has 5 aromatic rings. The zero-order valence-corrected chi connectivity index (χ0v) is 19.3. The van der Waals surface area contributed by atoms with Gasteiger partial charge < -0.3 is 9.64 Å². The maximum Gasteiger partial charge on any atom is 0.161 e. The highest BCUT2D eigenvalue weighted by Crippen LogP contribution is 2.30. The first-order valence-electron chi connectivity index (χ1n) is 11.5. The normalized spacial score (nSPS) is 14.2. The summed E-state index contributed by atoms with van der Waals surface area (Å²) in [5.74, 6) is 0. The van der Waals surface area contributed by atoms with Crippen LogP contribution in [0.2, 0.25) is 0 Å². The van der Waals surface area contributed by atoms with E-state index in [2.05, 4.69) is 73.3 Å². The fraction of sp³-hybridized carbons (Fsp3) is 0.269. The average molecular weight is 452 g/mol. The minimum atomic E-state index is 0.703. The predicted molar refractivity (Wildman–Crippen MR) is 132 cm³/mol. The summed E-state index contributed by atoms with van der Waals surface area (Å²) < 4.78 is 7.27. The van der Waals surface area contributed by atoms with Gasteiger partial charge in [-0.15, -0.1) is 0 Å². The summed E-state index contributed by atoms with van der Waals surface area (Å²) in [5.41, 5.74) is 8.37. The van der Waals surface area contributed by atoms with E-state index in [1.165, 1.54) is 16.8 Å². The van der Waals surface area contributed by atoms with Gasteiger partial charge in [0, 0.05) is 43.2 Å². The molecule has 0 N–H and O–H groups in total. The number of anilines is 1. The fourth-order valence-electron chi connectivity index (χ4n) is 4.63. The van der Waals surface area contributed by atoms with Crippen molar-refractivity contribution in [3.05, 3.63) is 72.1 Å². The van der Waals surface area contributed by atoms with Crippen molar-refractivity contribution in [1.29, 1.82) is 0 Å². The molecule has 34 heavy (non-hydrogen) atoms. The lowest BCUT2D eigenvalue weighted by molar-refractivity contribution is 0.122. The van der Waals surface area contributed by atoms with Gasteiger partial charge in [-0.25, -0.2) is 19.9 Å². The summed E-state index contributed by atoms with van der Waals surface area (Å²) in [6, 6.07) is 13.0. The van der Waals surface area contributed by atoms with Crippen LogP contribution in [0.1, 0.15) is 16.8 Å². The second-order valence-electron chi connectivity index (χ2n) is 8.67. The number of aromatic nitrogens is 6. The molecule has 2 aromatic carbocycles. The molecule has 8 heteroatoms. The molecule has 6 rings (SSSR count). The number of rotatable bonds is 4. The maximum atomic E-state index is 5.49. The fourth-order valence-corrected chi connectivity index (χ4v) is 4.63. The monoisotopic (exact) mass is 451 g/mol. The van der Waals surface area contributed by atoms with Gasteiger partial charge in [-0.2, -0.15) is 5.10 Å². The van der Waals surface area contributed by atoms with E-state index in [-0.39, 0.29) is 0 Å². The van der Waals surface area contributed by atoms with Gasteiger partial charge >= 0.3 is 0 Å². The molecule has 0 atom stereocenters. The number of hydrogen-bond acceptors (Lipinski definition) is 7. The van der Waals surface area contributed by atoms with Crippen molar-refractivity contribution in [2.24, 2.45) is 7.05 Å². The molecule has 1 aliphatic heterocycles. The molecule has 1 aliphatic rings. The van der Waals surface area contributed by atoms with Crippen molar-refractivity contribution in [1.82, 2.24) is 29.7 Å². The highest BCUT2D eigenvalue weighted by Gasteiger charge is 2.15. The zero-order chi connectivity index (χ0) is 23.1. The molecule has 0 amide bonds. The Kier molecular flexibility index (Phi) is 5.15. The van der Waals surface area contributed by atoms with Crippen LogP contribution in [0.4, 0.5) is 5.69 Å². The molecule has 170 valence electrons. The summed E-state index contributed by atoms with van der Waals surface area (Å²) >= 11 is 0. The van der Waals surface area contributed by atoms with Crippen LogP contribution in [0.5, 0.6) is 0 Å². The molecule has 4 heterocycles. The van der Waals surface area contributed by atoms with Gasteiger partial charge in [0.25, 0.3) is 0 Å². The average Bonchev–Trinajstić information content (AvgIpc) is 3.27. The third-order valence-electron chi connectivity index (χ3n) is 6.59. The molecular formula is C26H25N7O. The van der Waals surface area contributed by atoms with Crippen LogP contribution in [0.3, 0.4) is 0 Å². The van der Waals surface area contributed by atoms with Crippen molar-refractivity contribution < 1.29 is 4.74 Å². The van der Waals surface area contributed by atoms with Crippen LogP contribution in [0, 0.1) is 6.92 Å². The summed E-state index contributed by atoms with van der Waals surface area (Å²) in [7, 11) is 1.90. The Bertz CT molecular complexity index is 1500. The van der Waals surface area contributed by atoms with Crippen molar-refractivity contribution >= 4 is 27.6 Å². The van der Waals surface area contributed by atoms with Crippen molar-refractivity contribution in [2.75, 3.05) is 31.2 Å². The number of hydrogen-bond donors (Lipinski definition) is 0. The largest absolute Gasteiger partial charge is 0.378 e. The van der Waals surface area contributed by atoms with Crippen LogP contribution < -0.4 is 4.90 Å². The second-order valence-corrected chi connectivity index (χ2v) is 8.67. The van der Waals surface area contributed by atoms with Crippen LogP contribution in [-0.2, 0) is 18.2 Å². The van der Waals surface area contributed by atoms with E-state index >= 15 is 0 Å². The second kappa shape index (κ2) is 8.46. The molecule has 1 fully saturated rings. The van der Waals surface area contributed by atoms with Crippen molar-refractivity contribution in [3.63, 3.8) is 0 Å². The number of benzene rings is 2. The van der Waals surface area contributed by atoms with E-state index in [0.717, 1.165) is 65.2 Å². The summed E-state index contributed by atoms with van der Waals surface area (Å²) in [5, 5.41) is 6.38. The van der Waals surface area contributed by atoms with E-state index in [0.29, 0.717) is 6.42 Å². The quantitative estimate of drug-likeness (QED) is 0.412. The lowest BCUT2D eigenvalue weighted by Crippen LogP contribution is -2.36. The number of ether oxygens (including phenoxy) is 1. The standard InChI is InChI=1S/C26H25N7O/c1-17-3-4-18(11-19(17)12-23-22-14-31-32(2)26(22)30-16-28-23)25-21-6-5-20(13-24(21)27-15-29-25)33-7-9-34-10-8-33/h3-6,11,13-16H,7-10,12H2,1-2H3. The Morgan fingerprint density at radius 2 is 1.76 bits per heavy atom. The SMILES string of the molecule is Cc1ccc(-c2ncnc3cc(N4CCOCC4)ccc23)cc1Cc1ncnc2c1cnn2C. The Balaban J connectivity index is 1.38. The smallest absolute Gasteiger partial charge is 0.161 e. The van der Waals surface area contributed by atoms with Crippen molar-refractivity contribution in [3.8, 4) is 11.3 Å². The molecule has 0 spiro atoms. The number of aryl methyl sites for hydroxylation is 2. The minimum absolute atomic E-state index is 0.703. The van der Waals surface area contributed by atoms with E-state index in [4.69, 9.17) is 4.74 Å². The van der Waals surface area contributed by atoms with Crippen LogP contribution in [0.15, 0.2) is 55.2 Å². The van der Waals surface area contributed by atoms with Gasteiger partial charge in [-0.1, -0.05) is 12.1 Å². The zero-order valence-electron chi connectivity index (χ0n) is 19.3. The van der Waals surface area contributed by atoms with E-state index < -0.39 is 0 Å². The number of morpholine rings is 1. The molecular weight excluding hydrogens is 426 g/mol. The highest BCUT2D eigenvalue weighted by molar-refractivity contribution is 5.94. The van der Waals surface area contributed by atoms with E-state index in [1.807, 2.05) is 13.2 Å². The highest BCUT2D eigenvalue weighted by atomic mass is 16.5. The summed E-state index contributed by atoms with van der Waals surface area (Å²) in [6.45, 7) is 5.46. The molecule has 0 aliphatic carbocycles. The predicted octanol–water partition coefficient (Wildman–Crippen LogP) is 3.71. The molecule has 1 saturated heterocycles. The van der Waals surface area contributed by atoms with Gasteiger partial charge in [0.15, 0.2) is 5.65 Å². The molecule has 3 aromatic heterocycles. The Hall–Kier alpha value is -3.91. The van der Waals surface area contributed by atoms with Gasteiger partial charge in [0.2, 0.25) is 0 Å². The number of fused-ring (bicyclic) bond motifs is 2. The lowest BCUT2D eigenvalue weighted by Gasteiger charge is -2.29. The van der Waals surface area contributed by atoms with E-state index in [9.17, 15) is 0 Å². The Labute approximate surface area is 197 Å². The first-order chi connectivity index (χ1) is 16.7. The van der Waals surface area contributed by atoms with Crippen LogP contribution in [-0.4, -0.2) is 56.0 Å². The summed E-state index contributed by atoms with van der Waals surface area (Å²) in [4.78, 5) is 20.5. The maximum absolute atomic E-state index is 5.49. The first-order valence-corrected chi connectivity index (χ1v) is 11.5. The Morgan fingerprint density at radius 1 is 0.912 bits per heavy atom. The molecule has 0 radical (unpaired) electrons. The minimum Gasteiger partial charge on any atom is -0.378 e. The molecule has 0 unspecified atom stereocenters. The van der Waals surface area contributed by atoms with Crippen molar-refractivity contribution in [2.45, 2.75) is 13.3 Å². The van der Waals surface area contributed by atoms with Crippen LogP contribution >= 0.6 is 0 Å². The molecule has 0 bridgehead atoms. The number of nitrogens with zero attached hydrogens (tertiary/aromatic N) is 7. The Morgan fingerprint density at radius 3 is 2.65 bits per heavy atom. The summed E-state index contributed by atoms with van der Waals surface area (Å²) in [6.07, 6.45) is 5.81. The third kappa shape index (κ3) is 3.66. The lowest BCUT2D eigenvalue weighted by atomic mass is 9.97. The topological polar surface area (TPSA) is 81.8 Å². The van der Waals surface area contributed by atoms with E-state index in [1.54, 1.807) is 17.3 Å².